The number of carbonyl (C=O) groups is 2. The molecular formula is C25H19Cl2N3O3. The molecule has 0 aliphatic heterocycles. The second kappa shape index (κ2) is 9.57. The lowest BCUT2D eigenvalue weighted by Gasteiger charge is -2.08. The predicted octanol–water partition coefficient (Wildman–Crippen LogP) is 5.90. The fraction of sp³-hybridized carbons (Fsp3) is 0.120. The van der Waals surface area contributed by atoms with Crippen LogP contribution in [0.3, 0.4) is 0 Å². The van der Waals surface area contributed by atoms with Crippen LogP contribution in [0.4, 0.5) is 0 Å². The second-order valence-corrected chi connectivity index (χ2v) is 8.32. The highest BCUT2D eigenvalue weighted by Crippen LogP contribution is 2.25. The van der Waals surface area contributed by atoms with Gasteiger partial charge in [-0.1, -0.05) is 59.1 Å². The molecule has 0 N–H and O–H groups in total. The van der Waals surface area contributed by atoms with Gasteiger partial charge in [-0.2, -0.15) is 0 Å². The zero-order valence-electron chi connectivity index (χ0n) is 17.9. The van der Waals surface area contributed by atoms with Crippen LogP contribution in [0.15, 0.2) is 66.7 Å². The number of Topliss-reactive ketones (excluding diaryl/α,β-unsaturated/α-hetero) is 1. The van der Waals surface area contributed by atoms with E-state index in [-0.39, 0.29) is 11.6 Å². The summed E-state index contributed by atoms with van der Waals surface area (Å²) in [6.45, 7) is 3.44. The van der Waals surface area contributed by atoms with Gasteiger partial charge in [0, 0.05) is 21.2 Å². The first-order valence-corrected chi connectivity index (χ1v) is 10.8. The Kier molecular flexibility index (Phi) is 6.58. The van der Waals surface area contributed by atoms with Crippen LogP contribution in [0.5, 0.6) is 0 Å². The third-order valence-electron chi connectivity index (χ3n) is 5.00. The lowest BCUT2D eigenvalue weighted by Crippen LogP contribution is -2.15. The van der Waals surface area contributed by atoms with Gasteiger partial charge in [0.15, 0.2) is 18.2 Å². The highest BCUT2D eigenvalue weighted by Gasteiger charge is 2.21. The van der Waals surface area contributed by atoms with Crippen molar-refractivity contribution in [3.63, 3.8) is 0 Å². The number of benzene rings is 3. The molecule has 33 heavy (non-hydrogen) atoms. The van der Waals surface area contributed by atoms with Gasteiger partial charge in [-0.05, 0) is 55.8 Å². The molecule has 0 saturated carbocycles. The highest BCUT2D eigenvalue weighted by molar-refractivity contribution is 6.31. The van der Waals surface area contributed by atoms with Gasteiger partial charge in [-0.15, -0.1) is 5.10 Å². The summed E-state index contributed by atoms with van der Waals surface area (Å²) in [4.78, 5) is 29.4. The van der Waals surface area contributed by atoms with E-state index in [1.165, 1.54) is 4.68 Å². The number of nitrogens with zero attached hydrogens (tertiary/aromatic N) is 3. The highest BCUT2D eigenvalue weighted by atomic mass is 35.5. The summed E-state index contributed by atoms with van der Waals surface area (Å²) in [7, 11) is 0. The Hall–Kier alpha value is -3.48. The van der Waals surface area contributed by atoms with E-state index in [9.17, 15) is 9.59 Å². The Balaban J connectivity index is 1.63. The monoisotopic (exact) mass is 479 g/mol. The van der Waals surface area contributed by atoms with Crippen LogP contribution < -0.4 is 0 Å². The number of ether oxygens (including phenoxy) is 1. The van der Waals surface area contributed by atoms with Crippen LogP contribution in [0, 0.1) is 13.8 Å². The Morgan fingerprint density at radius 1 is 0.939 bits per heavy atom. The fourth-order valence-electron chi connectivity index (χ4n) is 3.10. The summed E-state index contributed by atoms with van der Waals surface area (Å²) >= 11 is 12.2. The molecule has 0 fully saturated rings. The quantitative estimate of drug-likeness (QED) is 0.254. The van der Waals surface area contributed by atoms with Crippen molar-refractivity contribution in [1.29, 1.82) is 0 Å². The average molecular weight is 480 g/mol. The van der Waals surface area contributed by atoms with Crippen molar-refractivity contribution in [1.82, 2.24) is 14.8 Å². The van der Waals surface area contributed by atoms with E-state index in [1.807, 2.05) is 50.2 Å². The Bertz CT molecular complexity index is 1330. The van der Waals surface area contributed by atoms with Crippen molar-refractivity contribution in [3.8, 4) is 17.1 Å². The third-order valence-corrected chi connectivity index (χ3v) is 5.66. The van der Waals surface area contributed by atoms with Gasteiger partial charge in [0.05, 0.1) is 5.69 Å². The fourth-order valence-corrected chi connectivity index (χ4v) is 3.40. The van der Waals surface area contributed by atoms with Crippen molar-refractivity contribution in [3.05, 3.63) is 99.3 Å². The molecule has 0 saturated heterocycles. The Morgan fingerprint density at radius 3 is 2.30 bits per heavy atom. The predicted molar refractivity (Wildman–Crippen MR) is 127 cm³/mol. The Morgan fingerprint density at radius 2 is 1.64 bits per heavy atom. The number of aryl methyl sites for hydroxylation is 2. The maximum Gasteiger partial charge on any atom is 0.378 e. The molecule has 0 amide bonds. The minimum Gasteiger partial charge on any atom is -0.451 e. The zero-order valence-corrected chi connectivity index (χ0v) is 19.4. The number of carbonyl (C=O) groups excluding carboxylic acids is 2. The van der Waals surface area contributed by atoms with E-state index >= 15 is 0 Å². The van der Waals surface area contributed by atoms with E-state index in [1.54, 1.807) is 30.3 Å². The SMILES string of the molecule is Cc1ccc(-c2nc(C(=O)OCC(=O)c3ccc(Cl)cc3)nn2-c2ccc(C)c(Cl)c2)cc1. The summed E-state index contributed by atoms with van der Waals surface area (Å²) in [5.41, 5.74) is 3.80. The molecule has 0 radical (unpaired) electrons. The first-order chi connectivity index (χ1) is 15.8. The molecule has 0 aliphatic carbocycles. The van der Waals surface area contributed by atoms with Gasteiger partial charge < -0.3 is 4.74 Å². The summed E-state index contributed by atoms with van der Waals surface area (Å²) in [5.74, 6) is -0.872. The van der Waals surface area contributed by atoms with Crippen LogP contribution in [-0.4, -0.2) is 33.1 Å². The van der Waals surface area contributed by atoms with Crippen molar-refractivity contribution >= 4 is 35.0 Å². The van der Waals surface area contributed by atoms with E-state index in [0.29, 0.717) is 27.1 Å². The smallest absolute Gasteiger partial charge is 0.378 e. The molecule has 0 bridgehead atoms. The topological polar surface area (TPSA) is 74.1 Å². The van der Waals surface area contributed by atoms with Crippen molar-refractivity contribution in [2.45, 2.75) is 13.8 Å². The van der Waals surface area contributed by atoms with Crippen LogP contribution in [0.1, 0.15) is 32.1 Å². The van der Waals surface area contributed by atoms with E-state index < -0.39 is 12.6 Å². The van der Waals surface area contributed by atoms with Crippen molar-refractivity contribution < 1.29 is 14.3 Å². The zero-order chi connectivity index (χ0) is 23.5. The van der Waals surface area contributed by atoms with Gasteiger partial charge in [-0.3, -0.25) is 4.79 Å². The van der Waals surface area contributed by atoms with Crippen LogP contribution in [0.2, 0.25) is 10.0 Å². The minimum atomic E-state index is -0.803. The molecule has 0 atom stereocenters. The number of hydrogen-bond acceptors (Lipinski definition) is 5. The summed E-state index contributed by atoms with van der Waals surface area (Å²) in [6, 6.07) is 19.5. The number of hydrogen-bond donors (Lipinski definition) is 0. The molecule has 4 rings (SSSR count). The number of esters is 1. The van der Waals surface area contributed by atoms with Crippen LogP contribution in [0.25, 0.3) is 17.1 Å². The van der Waals surface area contributed by atoms with Crippen molar-refractivity contribution in [2.75, 3.05) is 6.61 Å². The lowest BCUT2D eigenvalue weighted by atomic mass is 10.1. The molecule has 8 heteroatoms. The average Bonchev–Trinajstić information content (AvgIpc) is 3.25. The number of ketones is 1. The molecule has 0 unspecified atom stereocenters. The molecule has 4 aromatic rings. The minimum absolute atomic E-state index is 0.161. The molecule has 6 nitrogen and oxygen atoms in total. The van der Waals surface area contributed by atoms with Crippen LogP contribution >= 0.6 is 23.2 Å². The summed E-state index contributed by atoms with van der Waals surface area (Å²) in [5, 5.41) is 5.43. The molecule has 3 aromatic carbocycles. The number of halogens is 2. The van der Waals surface area contributed by atoms with Gasteiger partial charge >= 0.3 is 5.97 Å². The summed E-state index contributed by atoms with van der Waals surface area (Å²) in [6.07, 6.45) is 0. The number of aromatic nitrogens is 3. The van der Waals surface area contributed by atoms with Gasteiger partial charge in [-0.25, -0.2) is 14.5 Å². The maximum absolute atomic E-state index is 12.7. The van der Waals surface area contributed by atoms with Crippen LogP contribution in [-0.2, 0) is 4.74 Å². The van der Waals surface area contributed by atoms with Gasteiger partial charge in [0.25, 0.3) is 5.82 Å². The molecule has 1 aromatic heterocycles. The van der Waals surface area contributed by atoms with Gasteiger partial charge in [0.1, 0.15) is 0 Å². The largest absolute Gasteiger partial charge is 0.451 e. The Labute approximate surface area is 200 Å². The maximum atomic E-state index is 12.7. The number of rotatable bonds is 6. The van der Waals surface area contributed by atoms with E-state index in [0.717, 1.165) is 16.7 Å². The van der Waals surface area contributed by atoms with Crippen molar-refractivity contribution in [2.24, 2.45) is 0 Å². The van der Waals surface area contributed by atoms with E-state index in [2.05, 4.69) is 10.1 Å². The molecule has 0 aliphatic rings. The standard InChI is InChI=1S/C25H19Cl2N3O3/c1-15-3-6-18(7-4-15)24-28-23(29-30(24)20-12-5-16(2)21(27)13-20)25(32)33-14-22(31)17-8-10-19(26)11-9-17/h3-13H,14H2,1-2H3. The molecular weight excluding hydrogens is 461 g/mol. The second-order valence-electron chi connectivity index (χ2n) is 7.48. The third kappa shape index (κ3) is 5.13. The lowest BCUT2D eigenvalue weighted by molar-refractivity contribution is 0.0462. The molecule has 0 spiro atoms. The molecule has 166 valence electrons. The first kappa shape index (κ1) is 22.7. The van der Waals surface area contributed by atoms with Gasteiger partial charge in [0.2, 0.25) is 0 Å². The summed E-state index contributed by atoms with van der Waals surface area (Å²) < 4.78 is 6.73. The van der Waals surface area contributed by atoms with E-state index in [4.69, 9.17) is 27.9 Å². The molecule has 1 heterocycles. The first-order valence-electron chi connectivity index (χ1n) is 10.1. The normalized spacial score (nSPS) is 10.8.